The van der Waals surface area contributed by atoms with Crippen LogP contribution in [-0.2, 0) is 21.2 Å². The second-order valence-corrected chi connectivity index (χ2v) is 8.24. The molecule has 2 aromatic rings. The number of sulfonamides is 1. The number of benzene rings is 2. The Morgan fingerprint density at radius 3 is 2.23 bits per heavy atom. The second kappa shape index (κ2) is 8.96. The van der Waals surface area contributed by atoms with Gasteiger partial charge in [-0.15, -0.1) is 0 Å². The highest BCUT2D eigenvalue weighted by Crippen LogP contribution is 2.15. The minimum absolute atomic E-state index is 0.0868. The zero-order valence-corrected chi connectivity index (χ0v) is 16.3. The predicted molar refractivity (Wildman–Crippen MR) is 104 cm³/mol. The van der Waals surface area contributed by atoms with E-state index in [4.69, 9.17) is 0 Å². The lowest BCUT2D eigenvalue weighted by molar-refractivity contribution is -0.121. The number of carbonyl (C=O) groups is 1. The molecule has 26 heavy (non-hydrogen) atoms. The highest BCUT2D eigenvalue weighted by atomic mass is 32.2. The van der Waals surface area contributed by atoms with E-state index in [0.717, 1.165) is 11.1 Å². The molecule has 2 aromatic carbocycles. The Bertz CT molecular complexity index is 859. The lowest BCUT2D eigenvalue weighted by Gasteiger charge is -2.10. The average molecular weight is 375 g/mol. The molecule has 0 aromatic heterocycles. The Kier molecular flexibility index (Phi) is 6.94. The van der Waals surface area contributed by atoms with Crippen molar-refractivity contribution in [1.82, 2.24) is 10.0 Å². The number of amides is 1. The van der Waals surface area contributed by atoms with Gasteiger partial charge in [-0.2, -0.15) is 0 Å². The SMILES string of the molecule is Cc1ccc(CCC(=O)NCCNS(=O)(=O)c2ccc(C)cc2C)cc1. The van der Waals surface area contributed by atoms with Crippen LogP contribution < -0.4 is 10.0 Å². The highest BCUT2D eigenvalue weighted by molar-refractivity contribution is 7.89. The van der Waals surface area contributed by atoms with E-state index in [1.165, 1.54) is 5.56 Å². The Balaban J connectivity index is 1.75. The summed E-state index contributed by atoms with van der Waals surface area (Å²) in [6.45, 7) is 6.13. The van der Waals surface area contributed by atoms with Gasteiger partial charge in [0.05, 0.1) is 4.90 Å². The van der Waals surface area contributed by atoms with Gasteiger partial charge in [-0.05, 0) is 44.4 Å². The average Bonchev–Trinajstić information content (AvgIpc) is 2.58. The van der Waals surface area contributed by atoms with Gasteiger partial charge in [0.25, 0.3) is 0 Å². The van der Waals surface area contributed by atoms with Crippen molar-refractivity contribution in [2.24, 2.45) is 0 Å². The first kappa shape index (κ1) is 20.1. The quantitative estimate of drug-likeness (QED) is 0.698. The molecule has 140 valence electrons. The van der Waals surface area contributed by atoms with Gasteiger partial charge >= 0.3 is 0 Å². The molecule has 0 bridgehead atoms. The third-order valence-corrected chi connectivity index (χ3v) is 5.74. The number of rotatable bonds is 8. The van der Waals surface area contributed by atoms with Crippen molar-refractivity contribution in [3.63, 3.8) is 0 Å². The molecule has 1 amide bonds. The largest absolute Gasteiger partial charge is 0.355 e. The van der Waals surface area contributed by atoms with Gasteiger partial charge in [-0.1, -0.05) is 47.5 Å². The van der Waals surface area contributed by atoms with Crippen LogP contribution in [0.2, 0.25) is 0 Å². The van der Waals surface area contributed by atoms with Gasteiger partial charge in [0.2, 0.25) is 15.9 Å². The summed E-state index contributed by atoms with van der Waals surface area (Å²) in [5.41, 5.74) is 4.03. The van der Waals surface area contributed by atoms with Crippen molar-refractivity contribution in [1.29, 1.82) is 0 Å². The molecule has 2 N–H and O–H groups in total. The molecule has 0 heterocycles. The van der Waals surface area contributed by atoms with Crippen LogP contribution in [0, 0.1) is 20.8 Å². The Morgan fingerprint density at radius 1 is 0.923 bits per heavy atom. The molecule has 0 radical (unpaired) electrons. The molecule has 6 heteroatoms. The topological polar surface area (TPSA) is 75.3 Å². The van der Waals surface area contributed by atoms with Crippen LogP contribution in [0.5, 0.6) is 0 Å². The van der Waals surface area contributed by atoms with Crippen molar-refractivity contribution < 1.29 is 13.2 Å². The van der Waals surface area contributed by atoms with Crippen molar-refractivity contribution in [3.8, 4) is 0 Å². The summed E-state index contributed by atoms with van der Waals surface area (Å²) in [7, 11) is -3.57. The maximum Gasteiger partial charge on any atom is 0.240 e. The second-order valence-electron chi connectivity index (χ2n) is 6.50. The van der Waals surface area contributed by atoms with Crippen LogP contribution in [0.1, 0.15) is 28.7 Å². The van der Waals surface area contributed by atoms with Gasteiger partial charge < -0.3 is 5.32 Å². The molecule has 0 saturated carbocycles. The minimum atomic E-state index is -3.57. The van der Waals surface area contributed by atoms with Gasteiger partial charge in [0.15, 0.2) is 0 Å². The smallest absolute Gasteiger partial charge is 0.240 e. The van der Waals surface area contributed by atoms with E-state index in [1.54, 1.807) is 19.1 Å². The monoisotopic (exact) mass is 374 g/mol. The Labute approximate surface area is 155 Å². The summed E-state index contributed by atoms with van der Waals surface area (Å²) >= 11 is 0. The predicted octanol–water partition coefficient (Wildman–Crippen LogP) is 2.64. The van der Waals surface area contributed by atoms with E-state index in [9.17, 15) is 13.2 Å². The molecular weight excluding hydrogens is 348 g/mol. The molecule has 0 unspecified atom stereocenters. The Hall–Kier alpha value is -2.18. The molecule has 0 aliphatic heterocycles. The Morgan fingerprint density at radius 2 is 1.58 bits per heavy atom. The molecular formula is C20H26N2O3S. The van der Waals surface area contributed by atoms with Gasteiger partial charge in [-0.25, -0.2) is 13.1 Å². The third-order valence-electron chi connectivity index (χ3n) is 4.12. The van der Waals surface area contributed by atoms with Crippen molar-refractivity contribution in [2.75, 3.05) is 13.1 Å². The lowest BCUT2D eigenvalue weighted by atomic mass is 10.1. The zero-order chi connectivity index (χ0) is 19.2. The molecule has 5 nitrogen and oxygen atoms in total. The molecule has 2 rings (SSSR count). The maximum absolute atomic E-state index is 12.3. The minimum Gasteiger partial charge on any atom is -0.355 e. The summed E-state index contributed by atoms with van der Waals surface area (Å²) in [4.78, 5) is 12.2. The van der Waals surface area contributed by atoms with Crippen molar-refractivity contribution in [2.45, 2.75) is 38.5 Å². The van der Waals surface area contributed by atoms with Gasteiger partial charge in [0, 0.05) is 19.5 Å². The zero-order valence-electron chi connectivity index (χ0n) is 15.5. The molecule has 0 spiro atoms. The van der Waals surface area contributed by atoms with E-state index in [-0.39, 0.29) is 23.9 Å². The highest BCUT2D eigenvalue weighted by Gasteiger charge is 2.16. The first-order valence-electron chi connectivity index (χ1n) is 8.67. The van der Waals surface area contributed by atoms with E-state index in [1.807, 2.05) is 44.2 Å². The van der Waals surface area contributed by atoms with E-state index in [0.29, 0.717) is 18.4 Å². The standard InChI is InChI=1S/C20H26N2O3S/c1-15-4-7-18(8-5-15)9-11-20(23)21-12-13-22-26(24,25)19-10-6-16(2)14-17(19)3/h4-8,10,14,22H,9,11-13H2,1-3H3,(H,21,23). The van der Waals surface area contributed by atoms with Gasteiger partial charge in [0.1, 0.15) is 0 Å². The molecule has 0 aliphatic carbocycles. The molecule has 0 atom stereocenters. The van der Waals surface area contributed by atoms with Gasteiger partial charge in [-0.3, -0.25) is 4.79 Å². The fourth-order valence-corrected chi connectivity index (χ4v) is 3.92. The fraction of sp³-hybridized carbons (Fsp3) is 0.350. The number of carbonyl (C=O) groups excluding carboxylic acids is 1. The third kappa shape index (κ3) is 5.97. The van der Waals surface area contributed by atoms with Crippen molar-refractivity contribution >= 4 is 15.9 Å². The van der Waals surface area contributed by atoms with Crippen molar-refractivity contribution in [3.05, 3.63) is 64.7 Å². The normalized spacial score (nSPS) is 11.3. The molecule has 0 saturated heterocycles. The van der Waals surface area contributed by atoms with Crippen LogP contribution in [-0.4, -0.2) is 27.4 Å². The fourth-order valence-electron chi connectivity index (χ4n) is 2.67. The number of nitrogens with one attached hydrogen (secondary N) is 2. The first-order chi connectivity index (χ1) is 12.3. The lowest BCUT2D eigenvalue weighted by Crippen LogP contribution is -2.35. The van der Waals surface area contributed by atoms with Crippen LogP contribution in [0.3, 0.4) is 0 Å². The first-order valence-corrected chi connectivity index (χ1v) is 10.2. The van der Waals surface area contributed by atoms with E-state index in [2.05, 4.69) is 10.0 Å². The maximum atomic E-state index is 12.3. The number of aryl methyl sites for hydroxylation is 4. The van der Waals surface area contributed by atoms with Crippen LogP contribution in [0.25, 0.3) is 0 Å². The van der Waals surface area contributed by atoms with E-state index < -0.39 is 10.0 Å². The molecule has 0 aliphatic rings. The summed E-state index contributed by atoms with van der Waals surface area (Å²) in [5.74, 6) is -0.0868. The van der Waals surface area contributed by atoms with Crippen LogP contribution >= 0.6 is 0 Å². The summed E-state index contributed by atoms with van der Waals surface area (Å²) in [6.07, 6.45) is 1.05. The number of hydrogen-bond donors (Lipinski definition) is 2. The van der Waals surface area contributed by atoms with Crippen LogP contribution in [0.4, 0.5) is 0 Å². The van der Waals surface area contributed by atoms with Crippen LogP contribution in [0.15, 0.2) is 47.4 Å². The summed E-state index contributed by atoms with van der Waals surface area (Å²) < 4.78 is 27.2. The van der Waals surface area contributed by atoms with E-state index >= 15 is 0 Å². The number of hydrogen-bond acceptors (Lipinski definition) is 3. The summed E-state index contributed by atoms with van der Waals surface area (Å²) in [6, 6.07) is 13.3. The summed E-state index contributed by atoms with van der Waals surface area (Å²) in [5, 5.41) is 2.75. The molecule has 0 fully saturated rings.